The van der Waals surface area contributed by atoms with Crippen LogP contribution in [0.15, 0.2) is 56.8 Å². The van der Waals surface area contributed by atoms with E-state index in [-0.39, 0.29) is 23.5 Å². The highest BCUT2D eigenvalue weighted by atomic mass is 79.9. The minimum Gasteiger partial charge on any atom is -0.404 e. The number of benzene rings is 2. The van der Waals surface area contributed by atoms with Crippen molar-refractivity contribution >= 4 is 37.5 Å². The molecule has 0 radical (unpaired) electrons. The van der Waals surface area contributed by atoms with Crippen LogP contribution in [0.1, 0.15) is 24.8 Å². The minimum atomic E-state index is -5.02. The Hall–Kier alpha value is -2.35. The molecule has 13 heteroatoms. The Morgan fingerprint density at radius 2 is 1.89 bits per heavy atom. The molecule has 0 aliphatic carbocycles. The quantitative estimate of drug-likeness (QED) is 0.542. The van der Waals surface area contributed by atoms with Gasteiger partial charge in [-0.1, -0.05) is 28.1 Å². The third kappa shape index (κ3) is 5.79. The van der Waals surface area contributed by atoms with E-state index in [1.54, 1.807) is 0 Å². The molecule has 0 spiro atoms. The average Bonchev–Trinajstić information content (AvgIpc) is 2.77. The molecule has 2 heterocycles. The fourth-order valence-corrected chi connectivity index (χ4v) is 6.47. The van der Waals surface area contributed by atoms with Crippen LogP contribution in [0.3, 0.4) is 0 Å². The van der Waals surface area contributed by atoms with Crippen LogP contribution in [-0.4, -0.2) is 62.8 Å². The lowest BCUT2D eigenvalue weighted by Crippen LogP contribution is -2.52. The van der Waals surface area contributed by atoms with Gasteiger partial charge in [0.2, 0.25) is 10.0 Å². The van der Waals surface area contributed by atoms with Crippen molar-refractivity contribution in [3.63, 3.8) is 0 Å². The lowest BCUT2D eigenvalue weighted by Gasteiger charge is -2.39. The smallest absolute Gasteiger partial charge is 0.404 e. The predicted molar refractivity (Wildman–Crippen MR) is 134 cm³/mol. The van der Waals surface area contributed by atoms with Gasteiger partial charge < -0.3 is 15.0 Å². The third-order valence-electron chi connectivity index (χ3n) is 6.17. The maximum Gasteiger partial charge on any atom is 0.573 e. The summed E-state index contributed by atoms with van der Waals surface area (Å²) in [4.78, 5) is 6.14. The van der Waals surface area contributed by atoms with E-state index in [1.807, 2.05) is 43.3 Å². The van der Waals surface area contributed by atoms with Crippen molar-refractivity contribution in [1.29, 1.82) is 0 Å². The Kier molecular flexibility index (Phi) is 7.30. The van der Waals surface area contributed by atoms with Crippen LogP contribution in [0, 0.1) is 5.92 Å². The number of hydrogen-bond acceptors (Lipinski definition) is 7. The lowest BCUT2D eigenvalue weighted by atomic mass is 9.90. The first-order chi connectivity index (χ1) is 16.8. The second-order valence-corrected chi connectivity index (χ2v) is 11.9. The van der Waals surface area contributed by atoms with E-state index in [0.717, 1.165) is 29.2 Å². The number of nitrogens with zero attached hydrogens (tertiary/aromatic N) is 3. The number of halogens is 4. The third-order valence-corrected chi connectivity index (χ3v) is 8.60. The Morgan fingerprint density at radius 3 is 2.53 bits per heavy atom. The molecule has 2 aromatic rings. The standard InChI is InChI=1S/C23H27BrF3N5O3S/c1-31(2)21-17-5-3-4-6-18(17)29-22(28,30-21)14-15-9-11-32(12-10-15)36(33,34)20-8-7-16(24)13-19(20)35-23(25,26)27/h3-8,13,15,29H,9-12,14,28H2,1-2H3. The maximum absolute atomic E-state index is 13.2. The number of anilines is 1. The summed E-state index contributed by atoms with van der Waals surface area (Å²) < 4.78 is 70.6. The molecule has 2 aliphatic rings. The maximum atomic E-state index is 13.2. The summed E-state index contributed by atoms with van der Waals surface area (Å²) in [7, 11) is -0.422. The molecule has 0 bridgehead atoms. The van der Waals surface area contributed by atoms with Crippen LogP contribution >= 0.6 is 15.9 Å². The number of piperidine rings is 1. The highest BCUT2D eigenvalue weighted by molar-refractivity contribution is 9.10. The van der Waals surface area contributed by atoms with Crippen molar-refractivity contribution in [2.45, 2.75) is 36.3 Å². The number of ether oxygens (including phenoxy) is 1. The summed E-state index contributed by atoms with van der Waals surface area (Å²) in [6.07, 6.45) is -3.58. The molecule has 2 aliphatic heterocycles. The molecule has 0 amide bonds. The molecule has 196 valence electrons. The number of aliphatic imine (C=N–C) groups is 1. The van der Waals surface area contributed by atoms with E-state index in [4.69, 9.17) is 10.7 Å². The van der Waals surface area contributed by atoms with Gasteiger partial charge in [0.1, 0.15) is 10.7 Å². The number of rotatable bonds is 5. The van der Waals surface area contributed by atoms with Crippen molar-refractivity contribution in [2.24, 2.45) is 16.6 Å². The van der Waals surface area contributed by atoms with Crippen LogP contribution in [0.5, 0.6) is 5.75 Å². The number of nitrogens with two attached hydrogens (primary N) is 1. The van der Waals surface area contributed by atoms with Crippen LogP contribution in [-0.2, 0) is 10.0 Å². The number of alkyl halides is 3. The number of hydrogen-bond donors (Lipinski definition) is 2. The van der Waals surface area contributed by atoms with Gasteiger partial charge >= 0.3 is 6.36 Å². The number of fused-ring (bicyclic) bond motifs is 1. The van der Waals surface area contributed by atoms with Crippen LogP contribution < -0.4 is 15.8 Å². The van der Waals surface area contributed by atoms with Crippen LogP contribution in [0.25, 0.3) is 0 Å². The van der Waals surface area contributed by atoms with Crippen molar-refractivity contribution in [1.82, 2.24) is 9.21 Å². The van der Waals surface area contributed by atoms with Gasteiger partial charge in [-0.25, -0.2) is 13.4 Å². The monoisotopic (exact) mass is 589 g/mol. The second-order valence-electron chi connectivity index (χ2n) is 9.12. The summed E-state index contributed by atoms with van der Waals surface area (Å²) in [6, 6.07) is 11.2. The molecule has 1 saturated heterocycles. The Balaban J connectivity index is 1.48. The zero-order valence-electron chi connectivity index (χ0n) is 19.7. The number of sulfonamides is 1. The van der Waals surface area contributed by atoms with Gasteiger partial charge in [0, 0.05) is 49.3 Å². The molecule has 4 rings (SSSR count). The summed E-state index contributed by atoms with van der Waals surface area (Å²) in [6.45, 7) is 0.289. The summed E-state index contributed by atoms with van der Waals surface area (Å²) in [5.41, 5.74) is 8.46. The van der Waals surface area contributed by atoms with E-state index in [0.29, 0.717) is 19.3 Å². The molecule has 0 aromatic heterocycles. The highest BCUT2D eigenvalue weighted by Gasteiger charge is 2.39. The van der Waals surface area contributed by atoms with Gasteiger partial charge in [0.15, 0.2) is 11.5 Å². The highest BCUT2D eigenvalue weighted by Crippen LogP contribution is 2.37. The zero-order valence-corrected chi connectivity index (χ0v) is 22.1. The molecular weight excluding hydrogens is 563 g/mol. The normalized spacial score (nSPS) is 21.4. The molecule has 2 aromatic carbocycles. The van der Waals surface area contributed by atoms with Gasteiger partial charge in [0.05, 0.1) is 0 Å². The summed E-state index contributed by atoms with van der Waals surface area (Å²) in [5, 5.41) is 3.31. The molecule has 3 N–H and O–H groups in total. The topological polar surface area (TPSA) is 100 Å². The Labute approximate surface area is 216 Å². The zero-order chi connectivity index (χ0) is 26.3. The van der Waals surface area contributed by atoms with Crippen LogP contribution in [0.4, 0.5) is 18.9 Å². The number of para-hydroxylation sites is 1. The molecular formula is C23H27BrF3N5O3S. The SMILES string of the molecule is CN(C)C1=NC(N)(CC2CCN(S(=O)(=O)c3ccc(Br)cc3OC(F)(F)F)CC2)Nc2ccccc21. The molecule has 1 fully saturated rings. The van der Waals surface area contributed by atoms with Gasteiger partial charge in [0.25, 0.3) is 0 Å². The van der Waals surface area contributed by atoms with Gasteiger partial charge in [-0.15, -0.1) is 13.2 Å². The van der Waals surface area contributed by atoms with E-state index in [1.165, 1.54) is 10.4 Å². The number of amidine groups is 1. The number of nitrogens with one attached hydrogen (secondary N) is 1. The Bertz CT molecular complexity index is 1260. The van der Waals surface area contributed by atoms with E-state index >= 15 is 0 Å². The van der Waals surface area contributed by atoms with Gasteiger partial charge in [-0.2, -0.15) is 4.31 Å². The summed E-state index contributed by atoms with van der Waals surface area (Å²) in [5.74, 6) is -1.03. The van der Waals surface area contributed by atoms with E-state index in [2.05, 4.69) is 26.0 Å². The fraction of sp³-hybridized carbons (Fsp3) is 0.435. The average molecular weight is 590 g/mol. The van der Waals surface area contributed by atoms with Gasteiger partial charge in [-0.3, -0.25) is 5.73 Å². The fourth-order valence-electron chi connectivity index (χ4n) is 4.57. The second kappa shape index (κ2) is 9.84. The Morgan fingerprint density at radius 1 is 1.22 bits per heavy atom. The van der Waals surface area contributed by atoms with Crippen LogP contribution in [0.2, 0.25) is 0 Å². The molecule has 1 unspecified atom stereocenters. The van der Waals surface area contributed by atoms with E-state index in [9.17, 15) is 21.6 Å². The first-order valence-electron chi connectivity index (χ1n) is 11.3. The van der Waals surface area contributed by atoms with E-state index < -0.39 is 32.8 Å². The molecule has 0 saturated carbocycles. The van der Waals surface area contributed by atoms with Crippen molar-refractivity contribution in [2.75, 3.05) is 32.5 Å². The first-order valence-corrected chi connectivity index (χ1v) is 13.5. The predicted octanol–water partition coefficient (Wildman–Crippen LogP) is 4.18. The molecule has 8 nitrogen and oxygen atoms in total. The van der Waals surface area contributed by atoms with Crippen molar-refractivity contribution in [3.8, 4) is 5.75 Å². The first kappa shape index (κ1) is 26.7. The molecule has 36 heavy (non-hydrogen) atoms. The largest absolute Gasteiger partial charge is 0.573 e. The summed E-state index contributed by atoms with van der Waals surface area (Å²) >= 11 is 3.06. The minimum absolute atomic E-state index is 0.0576. The van der Waals surface area contributed by atoms with Gasteiger partial charge in [-0.05, 0) is 49.1 Å². The molecule has 1 atom stereocenters. The van der Waals surface area contributed by atoms with Crippen molar-refractivity contribution in [3.05, 3.63) is 52.5 Å². The van der Waals surface area contributed by atoms with Crippen molar-refractivity contribution < 1.29 is 26.3 Å². The lowest BCUT2D eigenvalue weighted by molar-refractivity contribution is -0.275.